The fourth-order valence-corrected chi connectivity index (χ4v) is 4.01. The lowest BCUT2D eigenvalue weighted by Crippen LogP contribution is -2.54. The smallest absolute Gasteiger partial charge is 0.118 e. The van der Waals surface area contributed by atoms with Crippen LogP contribution in [0.2, 0.25) is 0 Å². The van der Waals surface area contributed by atoms with Gasteiger partial charge in [-0.25, -0.2) is 0 Å². The number of benzene rings is 2. The molecule has 3 nitrogen and oxygen atoms in total. The normalized spacial score (nSPS) is 27.8. The standard InChI is InChI=1S/C21H27NO2/c1-16-13-22(15-18-7-5-4-6-8-18)14-17(2)21(16,23)19-9-11-20(24-3)12-10-19/h4-12,16-17,23H,13-15H2,1-3H3/t16-,17+,21?. The number of nitrogens with zero attached hydrogens (tertiary/aromatic N) is 1. The van der Waals surface area contributed by atoms with Gasteiger partial charge < -0.3 is 9.84 Å². The molecule has 2 aromatic carbocycles. The largest absolute Gasteiger partial charge is 0.497 e. The fourth-order valence-electron chi connectivity index (χ4n) is 4.01. The molecule has 3 rings (SSSR count). The van der Waals surface area contributed by atoms with E-state index in [1.54, 1.807) is 7.11 Å². The van der Waals surface area contributed by atoms with Crippen LogP contribution in [0.15, 0.2) is 54.6 Å². The van der Waals surface area contributed by atoms with Gasteiger partial charge in [0, 0.05) is 31.5 Å². The molecule has 0 aliphatic carbocycles. The van der Waals surface area contributed by atoms with E-state index in [-0.39, 0.29) is 11.8 Å². The molecule has 0 saturated carbocycles. The first-order valence-corrected chi connectivity index (χ1v) is 8.67. The summed E-state index contributed by atoms with van der Waals surface area (Å²) in [4.78, 5) is 2.45. The molecule has 0 bridgehead atoms. The van der Waals surface area contributed by atoms with Crippen LogP contribution in [0.1, 0.15) is 25.0 Å². The summed E-state index contributed by atoms with van der Waals surface area (Å²) in [6, 6.07) is 18.4. The predicted molar refractivity (Wildman–Crippen MR) is 96.9 cm³/mol. The molecule has 0 spiro atoms. The van der Waals surface area contributed by atoms with Gasteiger partial charge in [0.05, 0.1) is 12.7 Å². The molecule has 1 aliphatic heterocycles. The maximum Gasteiger partial charge on any atom is 0.118 e. The monoisotopic (exact) mass is 325 g/mol. The van der Waals surface area contributed by atoms with Gasteiger partial charge in [-0.15, -0.1) is 0 Å². The van der Waals surface area contributed by atoms with Crippen molar-refractivity contribution in [3.8, 4) is 5.75 Å². The van der Waals surface area contributed by atoms with Crippen LogP contribution in [0, 0.1) is 11.8 Å². The molecule has 3 atom stereocenters. The van der Waals surface area contributed by atoms with Gasteiger partial charge in [0.15, 0.2) is 0 Å². The topological polar surface area (TPSA) is 32.7 Å². The summed E-state index contributed by atoms with van der Waals surface area (Å²) in [5.41, 5.74) is 1.52. The quantitative estimate of drug-likeness (QED) is 0.931. The van der Waals surface area contributed by atoms with Crippen LogP contribution >= 0.6 is 0 Å². The van der Waals surface area contributed by atoms with Crippen molar-refractivity contribution in [3.63, 3.8) is 0 Å². The van der Waals surface area contributed by atoms with E-state index in [0.717, 1.165) is 30.9 Å². The summed E-state index contributed by atoms with van der Waals surface area (Å²) in [6.07, 6.45) is 0. The summed E-state index contributed by atoms with van der Waals surface area (Å²) < 4.78 is 5.24. The lowest BCUT2D eigenvalue weighted by molar-refractivity contribution is -0.114. The number of piperidine rings is 1. The zero-order chi connectivity index (χ0) is 17.2. The Bertz CT molecular complexity index is 641. The predicted octanol–water partition coefficient (Wildman–Crippen LogP) is 3.67. The molecule has 0 radical (unpaired) electrons. The van der Waals surface area contributed by atoms with Crippen LogP contribution < -0.4 is 4.74 Å². The average Bonchev–Trinajstić information content (AvgIpc) is 2.60. The number of hydrogen-bond donors (Lipinski definition) is 1. The molecular weight excluding hydrogens is 298 g/mol. The minimum absolute atomic E-state index is 0.165. The van der Waals surface area contributed by atoms with Gasteiger partial charge in [-0.1, -0.05) is 56.3 Å². The SMILES string of the molecule is COc1ccc(C2(O)[C@H](C)CN(Cc3ccccc3)C[C@@H]2C)cc1. The van der Waals surface area contributed by atoms with Crippen molar-refractivity contribution in [1.29, 1.82) is 0 Å². The number of rotatable bonds is 4. The Morgan fingerprint density at radius 1 is 1.00 bits per heavy atom. The highest BCUT2D eigenvalue weighted by atomic mass is 16.5. The lowest BCUT2D eigenvalue weighted by Gasteiger charge is -2.48. The molecule has 1 heterocycles. The summed E-state index contributed by atoms with van der Waals surface area (Å²) in [5, 5.41) is 11.5. The van der Waals surface area contributed by atoms with Gasteiger partial charge in [-0.05, 0) is 23.3 Å². The average molecular weight is 325 g/mol. The molecular formula is C21H27NO2. The van der Waals surface area contributed by atoms with Gasteiger partial charge in [0.25, 0.3) is 0 Å². The van der Waals surface area contributed by atoms with Crippen molar-refractivity contribution in [2.45, 2.75) is 26.0 Å². The molecule has 1 aliphatic rings. The molecule has 24 heavy (non-hydrogen) atoms. The number of likely N-dealkylation sites (tertiary alicyclic amines) is 1. The second kappa shape index (κ2) is 6.96. The first kappa shape index (κ1) is 17.0. The Kier molecular flexibility index (Phi) is 4.93. The molecule has 0 amide bonds. The summed E-state index contributed by atoms with van der Waals surface area (Å²) in [5.74, 6) is 1.15. The van der Waals surface area contributed by atoms with Crippen LogP contribution in [0.5, 0.6) is 5.75 Å². The van der Waals surface area contributed by atoms with Crippen LogP contribution in [0.25, 0.3) is 0 Å². The fraction of sp³-hybridized carbons (Fsp3) is 0.429. The Morgan fingerprint density at radius 2 is 1.58 bits per heavy atom. The van der Waals surface area contributed by atoms with E-state index < -0.39 is 5.60 Å². The van der Waals surface area contributed by atoms with Crippen molar-refractivity contribution in [2.24, 2.45) is 11.8 Å². The van der Waals surface area contributed by atoms with Crippen molar-refractivity contribution >= 4 is 0 Å². The molecule has 3 heteroatoms. The van der Waals surface area contributed by atoms with Crippen LogP contribution in [-0.4, -0.2) is 30.2 Å². The molecule has 1 saturated heterocycles. The van der Waals surface area contributed by atoms with Crippen LogP contribution in [-0.2, 0) is 12.1 Å². The van der Waals surface area contributed by atoms with E-state index in [1.165, 1.54) is 5.56 Å². The van der Waals surface area contributed by atoms with Gasteiger partial charge >= 0.3 is 0 Å². The van der Waals surface area contributed by atoms with Gasteiger partial charge in [0.2, 0.25) is 0 Å². The van der Waals surface area contributed by atoms with E-state index in [1.807, 2.05) is 30.3 Å². The molecule has 2 aromatic rings. The molecule has 128 valence electrons. The summed E-state index contributed by atoms with van der Waals surface area (Å²) in [7, 11) is 1.66. The first-order valence-electron chi connectivity index (χ1n) is 8.67. The third-order valence-corrected chi connectivity index (χ3v) is 5.37. The molecule has 1 unspecified atom stereocenters. The van der Waals surface area contributed by atoms with Crippen molar-refractivity contribution in [1.82, 2.24) is 4.90 Å². The number of methoxy groups -OCH3 is 1. The van der Waals surface area contributed by atoms with E-state index in [4.69, 9.17) is 4.74 Å². The zero-order valence-corrected chi connectivity index (χ0v) is 14.8. The second-order valence-corrected chi connectivity index (χ2v) is 7.04. The van der Waals surface area contributed by atoms with E-state index >= 15 is 0 Å². The maximum absolute atomic E-state index is 11.5. The van der Waals surface area contributed by atoms with E-state index in [0.29, 0.717) is 0 Å². The first-order chi connectivity index (χ1) is 11.5. The number of aliphatic hydroxyl groups is 1. The van der Waals surface area contributed by atoms with Gasteiger partial charge in [0.1, 0.15) is 5.75 Å². The lowest BCUT2D eigenvalue weighted by atomic mass is 9.70. The highest BCUT2D eigenvalue weighted by Gasteiger charge is 2.45. The zero-order valence-electron chi connectivity index (χ0n) is 14.8. The minimum Gasteiger partial charge on any atom is -0.497 e. The summed E-state index contributed by atoms with van der Waals surface area (Å²) in [6.45, 7) is 7.02. The molecule has 1 fully saturated rings. The van der Waals surface area contributed by atoms with Gasteiger partial charge in [-0.2, -0.15) is 0 Å². The summed E-state index contributed by atoms with van der Waals surface area (Å²) >= 11 is 0. The number of hydrogen-bond acceptors (Lipinski definition) is 3. The van der Waals surface area contributed by atoms with Crippen molar-refractivity contribution in [2.75, 3.05) is 20.2 Å². The van der Waals surface area contributed by atoms with Crippen molar-refractivity contribution < 1.29 is 9.84 Å². The second-order valence-electron chi connectivity index (χ2n) is 7.04. The third-order valence-electron chi connectivity index (χ3n) is 5.37. The third kappa shape index (κ3) is 3.19. The Hall–Kier alpha value is -1.84. The van der Waals surface area contributed by atoms with Crippen LogP contribution in [0.3, 0.4) is 0 Å². The maximum atomic E-state index is 11.5. The Balaban J connectivity index is 1.77. The Morgan fingerprint density at radius 3 is 2.12 bits per heavy atom. The van der Waals surface area contributed by atoms with Crippen molar-refractivity contribution in [3.05, 3.63) is 65.7 Å². The highest BCUT2D eigenvalue weighted by molar-refractivity contribution is 5.32. The minimum atomic E-state index is -0.792. The number of ether oxygens (including phenoxy) is 1. The molecule has 1 N–H and O–H groups in total. The van der Waals surface area contributed by atoms with E-state index in [9.17, 15) is 5.11 Å². The highest BCUT2D eigenvalue weighted by Crippen LogP contribution is 2.41. The van der Waals surface area contributed by atoms with E-state index in [2.05, 4.69) is 43.0 Å². The molecule has 0 aromatic heterocycles. The Labute approximate surface area is 144 Å². The van der Waals surface area contributed by atoms with Crippen LogP contribution in [0.4, 0.5) is 0 Å². The van der Waals surface area contributed by atoms with Gasteiger partial charge in [-0.3, -0.25) is 4.90 Å².